The van der Waals surface area contributed by atoms with Crippen LogP contribution >= 0.6 is 34.7 Å². The highest BCUT2D eigenvalue weighted by molar-refractivity contribution is 7.99. The van der Waals surface area contributed by atoms with Gasteiger partial charge in [-0.1, -0.05) is 11.6 Å². The zero-order chi connectivity index (χ0) is 18.8. The number of anilines is 1. The Morgan fingerprint density at radius 2 is 2.04 bits per heavy atom. The zero-order valence-electron chi connectivity index (χ0n) is 14.6. The number of rotatable bonds is 5. The summed E-state index contributed by atoms with van der Waals surface area (Å²) in [6.07, 6.45) is 0. The molecule has 8 heteroatoms. The number of H-pyrrole nitrogens is 1. The minimum atomic E-state index is -0.293. The fourth-order valence-electron chi connectivity index (χ4n) is 2.42. The van der Waals surface area contributed by atoms with Crippen molar-refractivity contribution < 1.29 is 4.79 Å². The molecule has 0 spiro atoms. The maximum absolute atomic E-state index is 12.3. The second-order valence-electron chi connectivity index (χ2n) is 5.93. The number of hydrogen-bond donors (Lipinski definition) is 2. The van der Waals surface area contributed by atoms with Crippen molar-refractivity contribution in [3.05, 3.63) is 55.9 Å². The quantitative estimate of drug-likeness (QED) is 0.652. The van der Waals surface area contributed by atoms with E-state index in [2.05, 4.69) is 15.3 Å². The molecule has 5 nitrogen and oxygen atoms in total. The summed E-state index contributed by atoms with van der Waals surface area (Å²) in [5.74, 6) is 0.930. The first kappa shape index (κ1) is 18.9. The van der Waals surface area contributed by atoms with Crippen LogP contribution in [0.4, 0.5) is 5.69 Å². The van der Waals surface area contributed by atoms with E-state index in [1.807, 2.05) is 20.8 Å². The number of aryl methyl sites for hydroxylation is 2. The van der Waals surface area contributed by atoms with Gasteiger partial charge in [-0.05, 0) is 50.6 Å². The smallest absolute Gasteiger partial charge is 0.259 e. The van der Waals surface area contributed by atoms with Crippen LogP contribution in [-0.4, -0.2) is 21.1 Å². The molecule has 0 saturated heterocycles. The number of aromatic amines is 1. The number of nitrogens with zero attached hydrogens (tertiary/aromatic N) is 1. The summed E-state index contributed by atoms with van der Waals surface area (Å²) in [7, 11) is 0. The number of thioether (sulfide) groups is 1. The Morgan fingerprint density at radius 1 is 1.35 bits per heavy atom. The third-order valence-electron chi connectivity index (χ3n) is 4.04. The molecule has 136 valence electrons. The maximum atomic E-state index is 12.3. The molecular formula is C18H18ClN3O2S2. The number of nitrogens with one attached hydrogen (secondary N) is 2. The number of amides is 1. The van der Waals surface area contributed by atoms with Crippen LogP contribution in [0.3, 0.4) is 0 Å². The predicted octanol–water partition coefficient (Wildman–Crippen LogP) is 4.52. The van der Waals surface area contributed by atoms with E-state index in [-0.39, 0.29) is 16.7 Å². The Labute approximate surface area is 164 Å². The molecule has 3 rings (SSSR count). The highest BCUT2D eigenvalue weighted by Gasteiger charge is 2.16. The van der Waals surface area contributed by atoms with E-state index in [9.17, 15) is 9.59 Å². The molecular weight excluding hydrogens is 390 g/mol. The van der Waals surface area contributed by atoms with Gasteiger partial charge < -0.3 is 10.3 Å². The minimum absolute atomic E-state index is 0.108. The van der Waals surface area contributed by atoms with E-state index >= 15 is 0 Å². The van der Waals surface area contributed by atoms with Crippen molar-refractivity contribution in [1.29, 1.82) is 0 Å². The van der Waals surface area contributed by atoms with Crippen LogP contribution in [-0.2, 0) is 10.5 Å². The molecule has 0 aliphatic rings. The molecule has 1 atom stereocenters. The lowest BCUT2D eigenvalue weighted by Crippen LogP contribution is -2.23. The average Bonchev–Trinajstić information content (AvgIpc) is 2.89. The Hall–Kier alpha value is -1.83. The number of fused-ring (bicyclic) bond motifs is 1. The molecule has 0 aliphatic carbocycles. The summed E-state index contributed by atoms with van der Waals surface area (Å²) >= 11 is 8.78. The molecule has 1 unspecified atom stereocenters. The summed E-state index contributed by atoms with van der Waals surface area (Å²) in [6, 6.07) is 6.96. The summed E-state index contributed by atoms with van der Waals surface area (Å²) in [5, 5.41) is 3.84. The highest BCUT2D eigenvalue weighted by Crippen LogP contribution is 2.26. The molecule has 0 bridgehead atoms. The van der Waals surface area contributed by atoms with Gasteiger partial charge in [0, 0.05) is 15.6 Å². The fourth-order valence-corrected chi connectivity index (χ4v) is 4.35. The normalized spacial score (nSPS) is 12.3. The third kappa shape index (κ3) is 4.11. The Kier molecular flexibility index (Phi) is 5.70. The molecule has 0 saturated carbocycles. The Morgan fingerprint density at radius 3 is 2.73 bits per heavy atom. The summed E-state index contributed by atoms with van der Waals surface area (Å²) in [4.78, 5) is 33.8. The van der Waals surface area contributed by atoms with E-state index in [0.717, 1.165) is 15.3 Å². The average molecular weight is 408 g/mol. The van der Waals surface area contributed by atoms with Gasteiger partial charge in [0.1, 0.15) is 10.7 Å². The van der Waals surface area contributed by atoms with Crippen molar-refractivity contribution in [2.75, 3.05) is 5.32 Å². The largest absolute Gasteiger partial charge is 0.325 e. The van der Waals surface area contributed by atoms with Gasteiger partial charge in [0.25, 0.3) is 5.56 Å². The van der Waals surface area contributed by atoms with E-state index < -0.39 is 0 Å². The number of aromatic nitrogens is 2. The van der Waals surface area contributed by atoms with Crippen LogP contribution in [0.15, 0.2) is 29.1 Å². The first-order chi connectivity index (χ1) is 12.3. The van der Waals surface area contributed by atoms with E-state index in [1.165, 1.54) is 23.1 Å². The summed E-state index contributed by atoms with van der Waals surface area (Å²) < 4.78 is 0. The van der Waals surface area contributed by atoms with Crippen LogP contribution in [0.1, 0.15) is 23.2 Å². The molecule has 0 radical (unpaired) electrons. The van der Waals surface area contributed by atoms with Crippen LogP contribution < -0.4 is 10.9 Å². The second kappa shape index (κ2) is 7.82. The molecule has 2 aromatic heterocycles. The lowest BCUT2D eigenvalue weighted by atomic mass is 10.2. The van der Waals surface area contributed by atoms with E-state index in [0.29, 0.717) is 27.7 Å². The summed E-state index contributed by atoms with van der Waals surface area (Å²) in [6.45, 7) is 5.74. The predicted molar refractivity (Wildman–Crippen MR) is 111 cm³/mol. The van der Waals surface area contributed by atoms with Crippen molar-refractivity contribution in [1.82, 2.24) is 9.97 Å². The van der Waals surface area contributed by atoms with Gasteiger partial charge in [-0.25, -0.2) is 4.98 Å². The Bertz CT molecular complexity index is 1010. The van der Waals surface area contributed by atoms with Gasteiger partial charge in [-0.15, -0.1) is 23.1 Å². The molecule has 0 fully saturated rings. The van der Waals surface area contributed by atoms with Gasteiger partial charge in [0.05, 0.1) is 16.4 Å². The molecule has 2 heterocycles. The number of carbonyl (C=O) groups is 1. The highest BCUT2D eigenvalue weighted by atomic mass is 35.5. The standard InChI is InChI=1S/C18H18ClN3O2S2/c1-9-10(2)26-18-15(9)17(24)21-14(22-18)8-25-11(3)16(23)20-13-6-4-12(19)5-7-13/h4-7,11H,8H2,1-3H3,(H,20,23)(H,21,22,24). The van der Waals surface area contributed by atoms with E-state index in [4.69, 9.17) is 11.6 Å². The maximum Gasteiger partial charge on any atom is 0.259 e. The first-order valence-electron chi connectivity index (χ1n) is 8.02. The van der Waals surface area contributed by atoms with Crippen molar-refractivity contribution in [2.24, 2.45) is 0 Å². The zero-order valence-corrected chi connectivity index (χ0v) is 16.9. The number of thiophene rings is 1. The monoisotopic (exact) mass is 407 g/mol. The van der Waals surface area contributed by atoms with Crippen molar-refractivity contribution in [2.45, 2.75) is 31.8 Å². The van der Waals surface area contributed by atoms with Crippen LogP contribution in [0, 0.1) is 13.8 Å². The minimum Gasteiger partial charge on any atom is -0.325 e. The molecule has 2 N–H and O–H groups in total. The molecule has 1 amide bonds. The SMILES string of the molecule is Cc1sc2nc(CSC(C)C(=O)Nc3ccc(Cl)cc3)[nH]c(=O)c2c1C. The topological polar surface area (TPSA) is 74.8 Å². The fraction of sp³-hybridized carbons (Fsp3) is 0.278. The Balaban J connectivity index is 1.66. The second-order valence-corrected chi connectivity index (χ2v) is 8.89. The van der Waals surface area contributed by atoms with Gasteiger partial charge in [0.2, 0.25) is 5.91 Å². The van der Waals surface area contributed by atoms with Gasteiger partial charge in [-0.2, -0.15) is 0 Å². The lowest BCUT2D eigenvalue weighted by Gasteiger charge is -2.12. The third-order valence-corrected chi connectivity index (χ3v) is 6.55. The van der Waals surface area contributed by atoms with Gasteiger partial charge in [-0.3, -0.25) is 9.59 Å². The number of carbonyl (C=O) groups excluding carboxylic acids is 1. The van der Waals surface area contributed by atoms with Gasteiger partial charge >= 0.3 is 0 Å². The number of benzene rings is 1. The first-order valence-corrected chi connectivity index (χ1v) is 10.3. The van der Waals surface area contributed by atoms with Gasteiger partial charge in [0.15, 0.2) is 0 Å². The van der Waals surface area contributed by atoms with Crippen molar-refractivity contribution >= 4 is 56.5 Å². The number of hydrogen-bond acceptors (Lipinski definition) is 5. The lowest BCUT2D eigenvalue weighted by molar-refractivity contribution is -0.115. The van der Waals surface area contributed by atoms with Crippen LogP contribution in [0.2, 0.25) is 5.02 Å². The van der Waals surface area contributed by atoms with Crippen molar-refractivity contribution in [3.63, 3.8) is 0 Å². The summed E-state index contributed by atoms with van der Waals surface area (Å²) in [5.41, 5.74) is 1.56. The molecule has 26 heavy (non-hydrogen) atoms. The number of halogens is 1. The van der Waals surface area contributed by atoms with Crippen LogP contribution in [0.25, 0.3) is 10.2 Å². The van der Waals surface area contributed by atoms with E-state index in [1.54, 1.807) is 24.3 Å². The molecule has 3 aromatic rings. The van der Waals surface area contributed by atoms with Crippen LogP contribution in [0.5, 0.6) is 0 Å². The van der Waals surface area contributed by atoms with Crippen molar-refractivity contribution in [3.8, 4) is 0 Å². The molecule has 1 aromatic carbocycles. The molecule has 0 aliphatic heterocycles.